The number of anilines is 2. The van der Waals surface area contributed by atoms with E-state index in [0.717, 1.165) is 5.56 Å². The quantitative estimate of drug-likeness (QED) is 0.739. The molecule has 29 heavy (non-hydrogen) atoms. The molecular weight excluding hydrogens is 383 g/mol. The third-order valence-electron chi connectivity index (χ3n) is 4.76. The van der Waals surface area contributed by atoms with E-state index in [0.29, 0.717) is 19.5 Å². The van der Waals surface area contributed by atoms with Crippen molar-refractivity contribution >= 4 is 23.2 Å². The molecule has 3 rings (SSSR count). The largest absolute Gasteiger partial charge is 0.405 e. The van der Waals surface area contributed by atoms with E-state index in [9.17, 15) is 22.8 Å². The number of rotatable bonds is 7. The first-order valence-corrected chi connectivity index (χ1v) is 9.34. The van der Waals surface area contributed by atoms with Crippen molar-refractivity contribution in [1.82, 2.24) is 4.90 Å². The highest BCUT2D eigenvalue weighted by atomic mass is 19.4. The lowest BCUT2D eigenvalue weighted by Gasteiger charge is -2.18. The van der Waals surface area contributed by atoms with Gasteiger partial charge in [0.2, 0.25) is 11.8 Å². The Morgan fingerprint density at radius 1 is 1.03 bits per heavy atom. The molecule has 2 amide bonds. The smallest absolute Gasteiger partial charge is 0.375 e. The third-order valence-corrected chi connectivity index (χ3v) is 4.76. The van der Waals surface area contributed by atoms with Gasteiger partial charge in [0.05, 0.1) is 17.3 Å². The summed E-state index contributed by atoms with van der Waals surface area (Å²) < 4.78 is 37.4. The predicted octanol–water partition coefficient (Wildman–Crippen LogP) is 3.69. The summed E-state index contributed by atoms with van der Waals surface area (Å²) in [5.41, 5.74) is 1.55. The van der Waals surface area contributed by atoms with E-state index in [1.807, 2.05) is 30.3 Å². The Morgan fingerprint density at radius 3 is 2.38 bits per heavy atom. The van der Waals surface area contributed by atoms with Crippen LogP contribution in [0.1, 0.15) is 12.0 Å². The average Bonchev–Trinajstić information content (AvgIpc) is 3.07. The van der Waals surface area contributed by atoms with Crippen LogP contribution in [0.2, 0.25) is 0 Å². The molecule has 5 nitrogen and oxygen atoms in total. The Bertz CT molecular complexity index is 856. The molecule has 1 atom stereocenters. The van der Waals surface area contributed by atoms with Crippen LogP contribution in [-0.2, 0) is 16.0 Å². The van der Waals surface area contributed by atoms with Crippen LogP contribution in [0.3, 0.4) is 0 Å². The topological polar surface area (TPSA) is 61.4 Å². The van der Waals surface area contributed by atoms with Crippen molar-refractivity contribution in [1.29, 1.82) is 0 Å². The van der Waals surface area contributed by atoms with Crippen molar-refractivity contribution in [2.45, 2.75) is 19.0 Å². The summed E-state index contributed by atoms with van der Waals surface area (Å²) >= 11 is 0. The number of likely N-dealkylation sites (tertiary alicyclic amines) is 1. The van der Waals surface area contributed by atoms with Crippen molar-refractivity contribution in [3.05, 3.63) is 60.2 Å². The van der Waals surface area contributed by atoms with Gasteiger partial charge in [-0.05, 0) is 24.1 Å². The van der Waals surface area contributed by atoms with Gasteiger partial charge in [0.15, 0.2) is 0 Å². The Labute approximate surface area is 166 Å². The number of carbonyl (C=O) groups is 2. The second-order valence-electron chi connectivity index (χ2n) is 6.98. The standard InChI is InChI=1S/C21H22F3N3O2/c22-21(23,24)14-25-17-8-4-5-9-18(17)26-20(29)16-12-19(28)27(13-16)11-10-15-6-2-1-3-7-15/h1-9,16,25H,10-14H2,(H,26,29). The lowest BCUT2D eigenvalue weighted by molar-refractivity contribution is -0.128. The van der Waals surface area contributed by atoms with Gasteiger partial charge in [-0.3, -0.25) is 9.59 Å². The third kappa shape index (κ3) is 5.97. The molecule has 8 heteroatoms. The minimum atomic E-state index is -4.37. The molecule has 0 saturated carbocycles. The number of carbonyl (C=O) groups excluding carboxylic acids is 2. The molecule has 1 aliphatic heterocycles. The monoisotopic (exact) mass is 405 g/mol. The van der Waals surface area contributed by atoms with Crippen LogP contribution >= 0.6 is 0 Å². The fourth-order valence-corrected chi connectivity index (χ4v) is 3.25. The van der Waals surface area contributed by atoms with Gasteiger partial charge in [0, 0.05) is 19.5 Å². The van der Waals surface area contributed by atoms with Crippen LogP contribution in [0, 0.1) is 5.92 Å². The highest BCUT2D eigenvalue weighted by molar-refractivity contribution is 5.99. The molecule has 0 aromatic heterocycles. The van der Waals surface area contributed by atoms with E-state index in [-0.39, 0.29) is 29.6 Å². The van der Waals surface area contributed by atoms with E-state index in [1.165, 1.54) is 12.1 Å². The van der Waals surface area contributed by atoms with E-state index < -0.39 is 18.6 Å². The van der Waals surface area contributed by atoms with E-state index in [2.05, 4.69) is 10.6 Å². The molecule has 0 spiro atoms. The molecule has 2 N–H and O–H groups in total. The Hall–Kier alpha value is -3.03. The molecule has 0 radical (unpaired) electrons. The van der Waals surface area contributed by atoms with E-state index in [4.69, 9.17) is 0 Å². The number of nitrogens with zero attached hydrogens (tertiary/aromatic N) is 1. The molecule has 2 aromatic carbocycles. The molecule has 0 aliphatic carbocycles. The number of hydrogen-bond donors (Lipinski definition) is 2. The Kier molecular flexibility index (Phi) is 6.41. The molecule has 1 heterocycles. The number of amides is 2. The summed E-state index contributed by atoms with van der Waals surface area (Å²) in [5, 5.41) is 4.94. The Balaban J connectivity index is 1.57. The molecule has 154 valence electrons. The molecule has 1 fully saturated rings. The minimum absolute atomic E-state index is 0.0930. The maximum absolute atomic E-state index is 12.6. The number of halogens is 3. The first-order valence-electron chi connectivity index (χ1n) is 9.34. The summed E-state index contributed by atoms with van der Waals surface area (Å²) in [5.74, 6) is -1.000. The number of nitrogens with one attached hydrogen (secondary N) is 2. The minimum Gasteiger partial charge on any atom is -0.375 e. The van der Waals surface area contributed by atoms with Crippen LogP contribution in [0.15, 0.2) is 54.6 Å². The summed E-state index contributed by atoms with van der Waals surface area (Å²) in [4.78, 5) is 26.5. The van der Waals surface area contributed by atoms with Crippen LogP contribution in [-0.4, -0.2) is 42.5 Å². The number of alkyl halides is 3. The average molecular weight is 405 g/mol. The molecule has 1 aliphatic rings. The summed E-state index contributed by atoms with van der Waals surface area (Å²) in [7, 11) is 0. The van der Waals surface area contributed by atoms with Gasteiger partial charge in [-0.25, -0.2) is 0 Å². The fraction of sp³-hybridized carbons (Fsp3) is 0.333. The first kappa shape index (κ1) is 20.7. The lowest BCUT2D eigenvalue weighted by Crippen LogP contribution is -2.30. The molecule has 0 bridgehead atoms. The predicted molar refractivity (Wildman–Crippen MR) is 104 cm³/mol. The maximum Gasteiger partial charge on any atom is 0.405 e. The summed E-state index contributed by atoms with van der Waals surface area (Å²) in [6.07, 6.45) is -3.57. The zero-order valence-corrected chi connectivity index (χ0v) is 15.7. The van der Waals surface area contributed by atoms with Crippen LogP contribution < -0.4 is 10.6 Å². The van der Waals surface area contributed by atoms with Gasteiger partial charge in [-0.2, -0.15) is 13.2 Å². The van der Waals surface area contributed by atoms with Crippen molar-refractivity contribution in [2.75, 3.05) is 30.3 Å². The fourth-order valence-electron chi connectivity index (χ4n) is 3.25. The van der Waals surface area contributed by atoms with Crippen molar-refractivity contribution in [2.24, 2.45) is 5.92 Å². The summed E-state index contributed by atoms with van der Waals surface area (Å²) in [6, 6.07) is 16.0. The van der Waals surface area contributed by atoms with Gasteiger partial charge in [0.1, 0.15) is 6.54 Å². The van der Waals surface area contributed by atoms with Gasteiger partial charge < -0.3 is 15.5 Å². The number of benzene rings is 2. The second kappa shape index (κ2) is 8.98. The highest BCUT2D eigenvalue weighted by Crippen LogP contribution is 2.26. The zero-order chi connectivity index (χ0) is 20.9. The van der Waals surface area contributed by atoms with Gasteiger partial charge in [-0.15, -0.1) is 0 Å². The van der Waals surface area contributed by atoms with Gasteiger partial charge >= 0.3 is 6.18 Å². The summed E-state index contributed by atoms with van der Waals surface area (Å²) in [6.45, 7) is -0.374. The second-order valence-corrected chi connectivity index (χ2v) is 6.98. The normalized spacial score (nSPS) is 16.7. The molecular formula is C21H22F3N3O2. The van der Waals surface area contributed by atoms with E-state index >= 15 is 0 Å². The van der Waals surface area contributed by atoms with Crippen molar-refractivity contribution in [3.8, 4) is 0 Å². The van der Waals surface area contributed by atoms with Gasteiger partial charge in [0.25, 0.3) is 0 Å². The SMILES string of the molecule is O=C(Nc1ccccc1NCC(F)(F)F)C1CC(=O)N(CCc2ccccc2)C1. The van der Waals surface area contributed by atoms with Crippen molar-refractivity contribution < 1.29 is 22.8 Å². The van der Waals surface area contributed by atoms with Gasteiger partial charge in [-0.1, -0.05) is 42.5 Å². The Morgan fingerprint density at radius 2 is 1.69 bits per heavy atom. The number of hydrogen-bond acceptors (Lipinski definition) is 3. The van der Waals surface area contributed by atoms with Crippen LogP contribution in [0.5, 0.6) is 0 Å². The number of para-hydroxylation sites is 2. The van der Waals surface area contributed by atoms with Crippen LogP contribution in [0.25, 0.3) is 0 Å². The van der Waals surface area contributed by atoms with E-state index in [1.54, 1.807) is 17.0 Å². The van der Waals surface area contributed by atoms with Crippen LogP contribution in [0.4, 0.5) is 24.5 Å². The lowest BCUT2D eigenvalue weighted by atomic mass is 10.1. The first-order chi connectivity index (χ1) is 13.8. The maximum atomic E-state index is 12.6. The highest BCUT2D eigenvalue weighted by Gasteiger charge is 2.34. The molecule has 1 unspecified atom stereocenters. The van der Waals surface area contributed by atoms with Crippen molar-refractivity contribution in [3.63, 3.8) is 0 Å². The molecule has 2 aromatic rings. The molecule has 1 saturated heterocycles. The zero-order valence-electron chi connectivity index (χ0n) is 15.7.